The molecule has 3 N–H and O–H groups in total. The molecule has 1 aromatic carbocycles. The molecule has 0 saturated carbocycles. The van der Waals surface area contributed by atoms with Gasteiger partial charge < -0.3 is 25.3 Å². The predicted octanol–water partition coefficient (Wildman–Crippen LogP) is 1.94. The molecule has 3 heterocycles. The molecule has 10 nitrogen and oxygen atoms in total. The van der Waals surface area contributed by atoms with Crippen LogP contribution in [0.1, 0.15) is 16.1 Å². The van der Waals surface area contributed by atoms with Crippen LogP contribution in [-0.4, -0.2) is 66.1 Å². The van der Waals surface area contributed by atoms with Crippen molar-refractivity contribution >= 4 is 23.6 Å². The van der Waals surface area contributed by atoms with Crippen molar-refractivity contribution < 1.29 is 14.0 Å². The first kappa shape index (κ1) is 22.3. The van der Waals surface area contributed by atoms with Gasteiger partial charge in [0, 0.05) is 63.9 Å². The number of amides is 3. The van der Waals surface area contributed by atoms with E-state index in [4.69, 9.17) is 4.42 Å². The Balaban J connectivity index is 1.14. The number of rotatable bonds is 8. The summed E-state index contributed by atoms with van der Waals surface area (Å²) in [4.78, 5) is 37.3. The van der Waals surface area contributed by atoms with Crippen molar-refractivity contribution in [3.63, 3.8) is 0 Å². The normalized spacial score (nSPS) is 14.0. The van der Waals surface area contributed by atoms with Crippen molar-refractivity contribution in [1.29, 1.82) is 0 Å². The number of urea groups is 1. The van der Waals surface area contributed by atoms with E-state index in [-0.39, 0.29) is 17.7 Å². The van der Waals surface area contributed by atoms with E-state index in [1.54, 1.807) is 30.6 Å². The van der Waals surface area contributed by atoms with E-state index < -0.39 is 0 Å². The fourth-order valence-electron chi connectivity index (χ4n) is 3.56. The van der Waals surface area contributed by atoms with Crippen molar-refractivity contribution in [2.75, 3.05) is 49.5 Å². The van der Waals surface area contributed by atoms with E-state index in [2.05, 4.69) is 35.7 Å². The quantitative estimate of drug-likeness (QED) is 0.481. The van der Waals surface area contributed by atoms with E-state index >= 15 is 0 Å². The van der Waals surface area contributed by atoms with Crippen LogP contribution < -0.4 is 20.9 Å². The van der Waals surface area contributed by atoms with Gasteiger partial charge in [-0.25, -0.2) is 14.8 Å². The molecule has 172 valence electrons. The minimum absolute atomic E-state index is 0.226. The maximum Gasteiger partial charge on any atom is 0.315 e. The number of anilines is 2. The van der Waals surface area contributed by atoms with E-state index in [9.17, 15) is 9.59 Å². The van der Waals surface area contributed by atoms with Gasteiger partial charge in [0.25, 0.3) is 5.91 Å². The zero-order valence-electron chi connectivity index (χ0n) is 18.2. The van der Waals surface area contributed by atoms with Crippen LogP contribution in [0.25, 0.3) is 0 Å². The SMILES string of the molecule is O=C(NCCN1CCN(c2ncccn2)CC1)NCc1cccc(NC(=O)c2ccco2)c1. The Morgan fingerprint density at radius 1 is 0.970 bits per heavy atom. The summed E-state index contributed by atoms with van der Waals surface area (Å²) in [5.74, 6) is 0.687. The molecule has 0 spiro atoms. The molecule has 1 saturated heterocycles. The second-order valence-corrected chi connectivity index (χ2v) is 7.62. The number of piperazine rings is 1. The first-order valence-corrected chi connectivity index (χ1v) is 10.9. The Kier molecular flexibility index (Phi) is 7.49. The second-order valence-electron chi connectivity index (χ2n) is 7.62. The molecule has 1 aliphatic heterocycles. The lowest BCUT2D eigenvalue weighted by Crippen LogP contribution is -2.49. The first-order valence-electron chi connectivity index (χ1n) is 10.9. The maximum absolute atomic E-state index is 12.2. The molecule has 0 unspecified atom stereocenters. The van der Waals surface area contributed by atoms with Gasteiger partial charge in [-0.05, 0) is 35.9 Å². The molecule has 10 heteroatoms. The molecule has 33 heavy (non-hydrogen) atoms. The lowest BCUT2D eigenvalue weighted by atomic mass is 10.2. The summed E-state index contributed by atoms with van der Waals surface area (Å²) < 4.78 is 5.09. The fourth-order valence-corrected chi connectivity index (χ4v) is 3.56. The lowest BCUT2D eigenvalue weighted by molar-refractivity contribution is 0.0996. The number of nitrogens with zero attached hydrogens (tertiary/aromatic N) is 4. The highest BCUT2D eigenvalue weighted by atomic mass is 16.3. The molecule has 3 amide bonds. The lowest BCUT2D eigenvalue weighted by Gasteiger charge is -2.34. The molecule has 4 rings (SSSR count). The van der Waals surface area contributed by atoms with Crippen LogP contribution in [0, 0.1) is 0 Å². The summed E-state index contributed by atoms with van der Waals surface area (Å²) in [7, 11) is 0. The van der Waals surface area contributed by atoms with E-state index in [0.29, 0.717) is 18.8 Å². The molecule has 2 aromatic heterocycles. The number of benzene rings is 1. The van der Waals surface area contributed by atoms with Gasteiger partial charge in [-0.2, -0.15) is 0 Å². The van der Waals surface area contributed by atoms with Crippen LogP contribution in [0.2, 0.25) is 0 Å². The highest BCUT2D eigenvalue weighted by Gasteiger charge is 2.18. The molecular formula is C23H27N7O3. The Bertz CT molecular complexity index is 1040. The highest BCUT2D eigenvalue weighted by Crippen LogP contribution is 2.13. The van der Waals surface area contributed by atoms with Crippen molar-refractivity contribution in [2.24, 2.45) is 0 Å². The van der Waals surface area contributed by atoms with Gasteiger partial charge in [0.15, 0.2) is 5.76 Å². The number of hydrogen-bond acceptors (Lipinski definition) is 7. The summed E-state index contributed by atoms with van der Waals surface area (Å²) >= 11 is 0. The summed E-state index contributed by atoms with van der Waals surface area (Å²) in [6.45, 7) is 5.23. The summed E-state index contributed by atoms with van der Waals surface area (Å²) in [5.41, 5.74) is 1.51. The maximum atomic E-state index is 12.2. The number of carbonyl (C=O) groups is 2. The minimum atomic E-state index is -0.319. The average molecular weight is 450 g/mol. The third-order valence-electron chi connectivity index (χ3n) is 5.30. The average Bonchev–Trinajstić information content (AvgIpc) is 3.39. The molecule has 3 aromatic rings. The standard InChI is InChI=1S/C23H27N7O3/c31-21(20-6-2-15-33-20)28-19-5-1-4-18(16-19)17-27-23(32)26-9-10-29-11-13-30(14-12-29)22-24-7-3-8-25-22/h1-8,15-16H,9-14,17H2,(H,28,31)(H2,26,27,32). The second kappa shape index (κ2) is 11.1. The minimum Gasteiger partial charge on any atom is -0.459 e. The van der Waals surface area contributed by atoms with Gasteiger partial charge in [0.2, 0.25) is 5.95 Å². The van der Waals surface area contributed by atoms with Gasteiger partial charge in [-0.15, -0.1) is 0 Å². The molecule has 1 fully saturated rings. The monoisotopic (exact) mass is 449 g/mol. The molecule has 0 aliphatic carbocycles. The van der Waals surface area contributed by atoms with Crippen LogP contribution >= 0.6 is 0 Å². The Hall–Kier alpha value is -3.92. The molecule has 0 radical (unpaired) electrons. The summed E-state index contributed by atoms with van der Waals surface area (Å²) in [6.07, 6.45) is 4.96. The van der Waals surface area contributed by atoms with Gasteiger partial charge in [0.1, 0.15) is 0 Å². The predicted molar refractivity (Wildman–Crippen MR) is 124 cm³/mol. The topological polar surface area (TPSA) is 116 Å². The largest absolute Gasteiger partial charge is 0.459 e. The van der Waals surface area contributed by atoms with Gasteiger partial charge in [-0.3, -0.25) is 9.69 Å². The molecule has 0 bridgehead atoms. The zero-order chi connectivity index (χ0) is 22.9. The van der Waals surface area contributed by atoms with Crippen molar-refractivity contribution in [3.05, 3.63) is 72.4 Å². The summed E-state index contributed by atoms with van der Waals surface area (Å²) in [5, 5.41) is 8.52. The third-order valence-corrected chi connectivity index (χ3v) is 5.30. The first-order chi connectivity index (χ1) is 16.2. The van der Waals surface area contributed by atoms with E-state index in [1.165, 1.54) is 6.26 Å². The Morgan fingerprint density at radius 2 is 1.79 bits per heavy atom. The number of furan rings is 1. The number of carbonyl (C=O) groups excluding carboxylic acids is 2. The Labute approximate surface area is 192 Å². The molecular weight excluding hydrogens is 422 g/mol. The van der Waals surface area contributed by atoms with Gasteiger partial charge in [-0.1, -0.05) is 12.1 Å². The fraction of sp³-hybridized carbons (Fsp3) is 0.304. The van der Waals surface area contributed by atoms with Crippen LogP contribution in [0.3, 0.4) is 0 Å². The summed E-state index contributed by atoms with van der Waals surface area (Å²) in [6, 6.07) is 12.2. The van der Waals surface area contributed by atoms with Gasteiger partial charge in [0.05, 0.1) is 6.26 Å². The van der Waals surface area contributed by atoms with Crippen LogP contribution in [0.4, 0.5) is 16.4 Å². The van der Waals surface area contributed by atoms with Crippen LogP contribution in [0.15, 0.2) is 65.5 Å². The third kappa shape index (κ3) is 6.53. The molecule has 1 aliphatic rings. The Morgan fingerprint density at radius 3 is 2.55 bits per heavy atom. The highest BCUT2D eigenvalue weighted by molar-refractivity contribution is 6.02. The van der Waals surface area contributed by atoms with E-state index in [0.717, 1.165) is 44.2 Å². The molecule has 0 atom stereocenters. The van der Waals surface area contributed by atoms with Crippen LogP contribution in [-0.2, 0) is 6.54 Å². The zero-order valence-corrected chi connectivity index (χ0v) is 18.2. The van der Waals surface area contributed by atoms with Crippen molar-refractivity contribution in [2.45, 2.75) is 6.54 Å². The number of nitrogens with one attached hydrogen (secondary N) is 3. The number of hydrogen-bond donors (Lipinski definition) is 3. The van der Waals surface area contributed by atoms with Gasteiger partial charge >= 0.3 is 6.03 Å². The van der Waals surface area contributed by atoms with Crippen molar-refractivity contribution in [1.82, 2.24) is 25.5 Å². The van der Waals surface area contributed by atoms with E-state index in [1.807, 2.05) is 24.3 Å². The number of aromatic nitrogens is 2. The van der Waals surface area contributed by atoms with Crippen LogP contribution in [0.5, 0.6) is 0 Å². The van der Waals surface area contributed by atoms with Crippen molar-refractivity contribution in [3.8, 4) is 0 Å². The smallest absolute Gasteiger partial charge is 0.315 e.